The molecule has 2 aliphatic rings. The van der Waals surface area contributed by atoms with Gasteiger partial charge in [0.1, 0.15) is 12.4 Å². The molecule has 2 aromatic rings. The number of hydrogen-bond acceptors (Lipinski definition) is 4. The number of ether oxygens (including phenoxy) is 1. The zero-order chi connectivity index (χ0) is 17.6. The molecule has 1 aromatic carbocycles. The Bertz CT molecular complexity index is 844. The lowest BCUT2D eigenvalue weighted by Crippen LogP contribution is -2.44. The van der Waals surface area contributed by atoms with Gasteiger partial charge in [0.15, 0.2) is 0 Å². The SMILES string of the molecule is CC1CN(C(=O)c2cc3c(s2)-c2ccccc2OC3)CCC1C(=O)O. The number of piperidine rings is 1. The molecule has 2 atom stereocenters. The predicted octanol–water partition coefficient (Wildman–Crippen LogP) is 3.49. The van der Waals surface area contributed by atoms with Crippen molar-refractivity contribution in [3.05, 3.63) is 40.8 Å². The maximum absolute atomic E-state index is 12.9. The van der Waals surface area contributed by atoms with E-state index in [-0.39, 0.29) is 17.7 Å². The Morgan fingerprint density at radius 2 is 2.12 bits per heavy atom. The Morgan fingerprint density at radius 1 is 1.32 bits per heavy atom. The van der Waals surface area contributed by atoms with E-state index in [1.807, 2.05) is 37.3 Å². The standard InChI is InChI=1S/C19H19NO4S/c1-11-9-20(7-6-13(11)19(22)23)18(21)16-8-12-10-24-15-5-3-2-4-14(15)17(12)25-16/h2-5,8,11,13H,6-7,9-10H2,1H3,(H,22,23). The molecule has 0 aliphatic carbocycles. The van der Waals surface area contributed by atoms with Gasteiger partial charge in [-0.15, -0.1) is 11.3 Å². The smallest absolute Gasteiger partial charge is 0.306 e. The summed E-state index contributed by atoms with van der Waals surface area (Å²) in [6.45, 7) is 3.37. The lowest BCUT2D eigenvalue weighted by molar-refractivity contribution is -0.145. The second kappa shape index (κ2) is 6.19. The summed E-state index contributed by atoms with van der Waals surface area (Å²) >= 11 is 1.50. The van der Waals surface area contributed by atoms with Gasteiger partial charge in [0.2, 0.25) is 0 Å². The summed E-state index contributed by atoms with van der Waals surface area (Å²) in [5.41, 5.74) is 2.08. The molecule has 6 heteroatoms. The van der Waals surface area contributed by atoms with Crippen LogP contribution in [0.5, 0.6) is 5.75 Å². The number of amides is 1. The molecule has 25 heavy (non-hydrogen) atoms. The van der Waals surface area contributed by atoms with E-state index >= 15 is 0 Å². The van der Waals surface area contributed by atoms with Crippen LogP contribution in [0.25, 0.3) is 10.4 Å². The van der Waals surface area contributed by atoms with Crippen LogP contribution in [0.2, 0.25) is 0 Å². The molecule has 0 radical (unpaired) electrons. The van der Waals surface area contributed by atoms with Gasteiger partial charge in [-0.05, 0) is 30.5 Å². The van der Waals surface area contributed by atoms with E-state index in [0.717, 1.165) is 21.8 Å². The third-order valence-corrected chi connectivity index (χ3v) is 6.24. The fourth-order valence-corrected chi connectivity index (χ4v) is 4.82. The highest BCUT2D eigenvalue weighted by Gasteiger charge is 2.34. The minimum Gasteiger partial charge on any atom is -0.488 e. The van der Waals surface area contributed by atoms with Gasteiger partial charge >= 0.3 is 5.97 Å². The monoisotopic (exact) mass is 357 g/mol. The van der Waals surface area contributed by atoms with E-state index in [1.165, 1.54) is 11.3 Å². The molecule has 1 aromatic heterocycles. The first-order valence-corrected chi connectivity index (χ1v) is 9.23. The van der Waals surface area contributed by atoms with Crippen LogP contribution < -0.4 is 4.74 Å². The summed E-state index contributed by atoms with van der Waals surface area (Å²) in [7, 11) is 0. The van der Waals surface area contributed by atoms with Crippen LogP contribution in [0.3, 0.4) is 0 Å². The minimum absolute atomic E-state index is 0.00688. The zero-order valence-electron chi connectivity index (χ0n) is 13.9. The van der Waals surface area contributed by atoms with Gasteiger partial charge < -0.3 is 14.7 Å². The van der Waals surface area contributed by atoms with Crippen molar-refractivity contribution in [2.75, 3.05) is 13.1 Å². The molecule has 1 amide bonds. The van der Waals surface area contributed by atoms with Crippen LogP contribution in [0.15, 0.2) is 30.3 Å². The van der Waals surface area contributed by atoms with E-state index in [1.54, 1.807) is 4.90 Å². The van der Waals surface area contributed by atoms with E-state index < -0.39 is 5.97 Å². The summed E-state index contributed by atoms with van der Waals surface area (Å²) < 4.78 is 5.76. The number of carboxylic acid groups (broad SMARTS) is 1. The number of benzene rings is 1. The molecule has 4 rings (SSSR count). The van der Waals surface area contributed by atoms with Gasteiger partial charge in [-0.2, -0.15) is 0 Å². The highest BCUT2D eigenvalue weighted by molar-refractivity contribution is 7.17. The second-order valence-electron chi connectivity index (χ2n) is 6.71. The van der Waals surface area contributed by atoms with Crippen LogP contribution in [-0.4, -0.2) is 35.0 Å². The Hall–Kier alpha value is -2.34. The van der Waals surface area contributed by atoms with Gasteiger partial charge in [0.25, 0.3) is 5.91 Å². The van der Waals surface area contributed by atoms with Gasteiger partial charge in [0, 0.05) is 29.1 Å². The van der Waals surface area contributed by atoms with Crippen molar-refractivity contribution in [2.45, 2.75) is 20.0 Å². The Morgan fingerprint density at radius 3 is 2.88 bits per heavy atom. The third kappa shape index (κ3) is 2.80. The van der Waals surface area contributed by atoms with Crippen molar-refractivity contribution < 1.29 is 19.4 Å². The van der Waals surface area contributed by atoms with Crippen molar-refractivity contribution in [1.82, 2.24) is 4.90 Å². The van der Waals surface area contributed by atoms with Crippen LogP contribution in [-0.2, 0) is 11.4 Å². The number of likely N-dealkylation sites (tertiary alicyclic amines) is 1. The maximum atomic E-state index is 12.9. The van der Waals surface area contributed by atoms with E-state index in [2.05, 4.69) is 0 Å². The summed E-state index contributed by atoms with van der Waals surface area (Å²) in [5.74, 6) is -0.311. The largest absolute Gasteiger partial charge is 0.488 e. The topological polar surface area (TPSA) is 66.8 Å². The molecule has 1 N–H and O–H groups in total. The number of fused-ring (bicyclic) bond motifs is 3. The van der Waals surface area contributed by atoms with Gasteiger partial charge in [-0.25, -0.2) is 0 Å². The molecular formula is C19H19NO4S. The molecule has 1 saturated heterocycles. The first-order valence-electron chi connectivity index (χ1n) is 8.41. The summed E-state index contributed by atoms with van der Waals surface area (Å²) in [6, 6.07) is 9.79. The van der Waals surface area contributed by atoms with Gasteiger partial charge in [0.05, 0.1) is 10.8 Å². The van der Waals surface area contributed by atoms with E-state index in [9.17, 15) is 14.7 Å². The molecule has 3 heterocycles. The number of nitrogens with zero attached hydrogens (tertiary/aromatic N) is 1. The van der Waals surface area contributed by atoms with Crippen LogP contribution >= 0.6 is 11.3 Å². The normalized spacial score (nSPS) is 21.9. The van der Waals surface area contributed by atoms with Crippen molar-refractivity contribution in [3.8, 4) is 16.2 Å². The van der Waals surface area contributed by atoms with E-state index in [4.69, 9.17) is 4.74 Å². The molecule has 2 aliphatic heterocycles. The van der Waals surface area contributed by atoms with Crippen molar-refractivity contribution in [1.29, 1.82) is 0 Å². The quantitative estimate of drug-likeness (QED) is 0.893. The number of carbonyl (C=O) groups is 2. The lowest BCUT2D eigenvalue weighted by atomic mass is 9.87. The average Bonchev–Trinajstić information content (AvgIpc) is 3.05. The van der Waals surface area contributed by atoms with Crippen molar-refractivity contribution in [2.24, 2.45) is 11.8 Å². The number of carboxylic acids is 1. The van der Waals surface area contributed by atoms with Gasteiger partial charge in [-0.1, -0.05) is 19.1 Å². The number of hydrogen-bond donors (Lipinski definition) is 1. The zero-order valence-corrected chi connectivity index (χ0v) is 14.7. The summed E-state index contributed by atoms with van der Waals surface area (Å²) in [6.07, 6.45) is 0.513. The number of carbonyl (C=O) groups excluding carboxylic acids is 1. The fraction of sp³-hybridized carbons (Fsp3) is 0.368. The van der Waals surface area contributed by atoms with Crippen LogP contribution in [0, 0.1) is 11.8 Å². The minimum atomic E-state index is -0.764. The van der Waals surface area contributed by atoms with Crippen molar-refractivity contribution >= 4 is 23.2 Å². The molecule has 5 nitrogen and oxygen atoms in total. The lowest BCUT2D eigenvalue weighted by Gasteiger charge is -2.34. The maximum Gasteiger partial charge on any atom is 0.306 e. The molecule has 130 valence electrons. The number of rotatable bonds is 2. The average molecular weight is 357 g/mol. The number of para-hydroxylation sites is 1. The first-order chi connectivity index (χ1) is 12.0. The van der Waals surface area contributed by atoms with Crippen molar-refractivity contribution in [3.63, 3.8) is 0 Å². The summed E-state index contributed by atoms with van der Waals surface area (Å²) in [5, 5.41) is 9.24. The van der Waals surface area contributed by atoms with Crippen LogP contribution in [0.1, 0.15) is 28.6 Å². The summed E-state index contributed by atoms with van der Waals surface area (Å²) in [4.78, 5) is 27.7. The molecule has 1 fully saturated rings. The van der Waals surface area contributed by atoms with Crippen LogP contribution in [0.4, 0.5) is 0 Å². The third-order valence-electron chi connectivity index (χ3n) is 5.04. The Kier molecular flexibility index (Phi) is 4.00. The molecule has 0 bridgehead atoms. The molecule has 0 saturated carbocycles. The number of aliphatic carboxylic acids is 1. The first kappa shape index (κ1) is 16.1. The Balaban J connectivity index is 1.57. The number of thiophene rings is 1. The fourth-order valence-electron chi connectivity index (χ4n) is 3.66. The Labute approximate surface area is 149 Å². The highest BCUT2D eigenvalue weighted by Crippen LogP contribution is 2.42. The highest BCUT2D eigenvalue weighted by atomic mass is 32.1. The molecule has 2 unspecified atom stereocenters. The van der Waals surface area contributed by atoms with E-state index in [0.29, 0.717) is 31.0 Å². The molecule has 0 spiro atoms. The molecular weight excluding hydrogens is 338 g/mol. The predicted molar refractivity (Wildman–Crippen MR) is 94.9 cm³/mol. The second-order valence-corrected chi connectivity index (χ2v) is 7.76. The van der Waals surface area contributed by atoms with Gasteiger partial charge in [-0.3, -0.25) is 9.59 Å².